The standard InChI is InChI=1S/C16H19N5O/c1-11(2)15-19-18-14(20(15)3)9-17-16(22)12-8-13-6-4-5-7-21(13)10-12/h4-8,10-11H,9H2,1-3H3,(H,17,22). The molecule has 3 heterocycles. The highest BCUT2D eigenvalue weighted by molar-refractivity contribution is 5.95. The average Bonchev–Trinajstić information content (AvgIpc) is 3.08. The summed E-state index contributed by atoms with van der Waals surface area (Å²) in [4.78, 5) is 12.3. The predicted octanol–water partition coefficient (Wildman–Crippen LogP) is 2.12. The summed E-state index contributed by atoms with van der Waals surface area (Å²) in [5, 5.41) is 11.2. The second kappa shape index (κ2) is 5.63. The molecule has 0 aromatic carbocycles. The summed E-state index contributed by atoms with van der Waals surface area (Å²) in [5.41, 5.74) is 1.63. The van der Waals surface area contributed by atoms with Gasteiger partial charge in [-0.15, -0.1) is 10.2 Å². The van der Waals surface area contributed by atoms with Gasteiger partial charge in [0, 0.05) is 30.9 Å². The summed E-state index contributed by atoms with van der Waals surface area (Å²) in [7, 11) is 1.92. The van der Waals surface area contributed by atoms with E-state index in [1.807, 2.05) is 52.7 Å². The van der Waals surface area contributed by atoms with E-state index in [9.17, 15) is 4.79 Å². The Balaban J connectivity index is 1.72. The lowest BCUT2D eigenvalue weighted by atomic mass is 10.2. The number of aromatic nitrogens is 4. The molecule has 0 unspecified atom stereocenters. The van der Waals surface area contributed by atoms with Crippen LogP contribution in [0.25, 0.3) is 5.52 Å². The molecule has 114 valence electrons. The van der Waals surface area contributed by atoms with E-state index < -0.39 is 0 Å². The van der Waals surface area contributed by atoms with Crippen LogP contribution in [0.3, 0.4) is 0 Å². The number of hydrogen-bond acceptors (Lipinski definition) is 3. The third-order valence-corrected chi connectivity index (χ3v) is 3.69. The van der Waals surface area contributed by atoms with E-state index in [1.165, 1.54) is 0 Å². The topological polar surface area (TPSA) is 64.2 Å². The Bertz CT molecular complexity index is 782. The van der Waals surface area contributed by atoms with Crippen LogP contribution in [0.4, 0.5) is 0 Å². The molecule has 0 aliphatic carbocycles. The number of carbonyl (C=O) groups is 1. The maximum absolute atomic E-state index is 12.3. The predicted molar refractivity (Wildman–Crippen MR) is 83.7 cm³/mol. The molecule has 1 N–H and O–H groups in total. The van der Waals surface area contributed by atoms with Crippen LogP contribution in [0.15, 0.2) is 36.7 Å². The first-order valence-corrected chi connectivity index (χ1v) is 7.29. The largest absolute Gasteiger partial charge is 0.345 e. The molecule has 3 aromatic rings. The number of hydrogen-bond donors (Lipinski definition) is 1. The van der Waals surface area contributed by atoms with Crippen LogP contribution in [-0.4, -0.2) is 25.1 Å². The molecule has 0 bridgehead atoms. The summed E-state index contributed by atoms with van der Waals surface area (Å²) >= 11 is 0. The zero-order chi connectivity index (χ0) is 15.7. The highest BCUT2D eigenvalue weighted by Crippen LogP contribution is 2.12. The molecular weight excluding hydrogens is 278 g/mol. The van der Waals surface area contributed by atoms with Crippen molar-refractivity contribution in [1.29, 1.82) is 0 Å². The van der Waals surface area contributed by atoms with Crippen molar-refractivity contribution in [1.82, 2.24) is 24.5 Å². The molecule has 3 aromatic heterocycles. The Morgan fingerprint density at radius 2 is 2.14 bits per heavy atom. The normalized spacial score (nSPS) is 11.3. The molecule has 22 heavy (non-hydrogen) atoms. The van der Waals surface area contributed by atoms with Gasteiger partial charge in [-0.3, -0.25) is 4.79 Å². The average molecular weight is 297 g/mol. The minimum absolute atomic E-state index is 0.113. The van der Waals surface area contributed by atoms with Crippen LogP contribution in [-0.2, 0) is 13.6 Å². The minimum atomic E-state index is -0.113. The van der Waals surface area contributed by atoms with Crippen LogP contribution in [0.5, 0.6) is 0 Å². The van der Waals surface area contributed by atoms with Gasteiger partial charge in [-0.25, -0.2) is 0 Å². The fraction of sp³-hybridized carbons (Fsp3) is 0.312. The van der Waals surface area contributed by atoms with E-state index >= 15 is 0 Å². The minimum Gasteiger partial charge on any atom is -0.345 e. The smallest absolute Gasteiger partial charge is 0.253 e. The quantitative estimate of drug-likeness (QED) is 0.802. The highest BCUT2D eigenvalue weighted by Gasteiger charge is 2.13. The summed E-state index contributed by atoms with van der Waals surface area (Å²) < 4.78 is 3.86. The molecule has 0 aliphatic heterocycles. The summed E-state index contributed by atoms with van der Waals surface area (Å²) in [6, 6.07) is 7.71. The second-order valence-corrected chi connectivity index (χ2v) is 5.63. The lowest BCUT2D eigenvalue weighted by molar-refractivity contribution is 0.0949. The van der Waals surface area contributed by atoms with E-state index in [-0.39, 0.29) is 5.91 Å². The monoisotopic (exact) mass is 297 g/mol. The van der Waals surface area contributed by atoms with E-state index in [0.29, 0.717) is 18.0 Å². The van der Waals surface area contributed by atoms with Gasteiger partial charge in [0.25, 0.3) is 5.91 Å². The van der Waals surface area contributed by atoms with Crippen LogP contribution in [0, 0.1) is 0 Å². The van der Waals surface area contributed by atoms with Gasteiger partial charge in [0.15, 0.2) is 5.82 Å². The number of rotatable bonds is 4. The maximum Gasteiger partial charge on any atom is 0.253 e. The van der Waals surface area contributed by atoms with Gasteiger partial charge in [-0.2, -0.15) is 0 Å². The van der Waals surface area contributed by atoms with Crippen molar-refractivity contribution >= 4 is 11.4 Å². The number of fused-ring (bicyclic) bond motifs is 1. The molecular formula is C16H19N5O. The fourth-order valence-corrected chi connectivity index (χ4v) is 2.47. The number of nitrogens with zero attached hydrogens (tertiary/aromatic N) is 4. The second-order valence-electron chi connectivity index (χ2n) is 5.63. The van der Waals surface area contributed by atoms with Crippen LogP contribution < -0.4 is 5.32 Å². The first kappa shape index (κ1) is 14.3. The van der Waals surface area contributed by atoms with Crippen LogP contribution >= 0.6 is 0 Å². The molecule has 6 heteroatoms. The van der Waals surface area contributed by atoms with E-state index in [4.69, 9.17) is 0 Å². The molecule has 0 saturated carbocycles. The van der Waals surface area contributed by atoms with Crippen LogP contribution in [0.2, 0.25) is 0 Å². The van der Waals surface area contributed by atoms with E-state index in [1.54, 1.807) is 0 Å². The van der Waals surface area contributed by atoms with E-state index in [2.05, 4.69) is 29.4 Å². The number of amides is 1. The van der Waals surface area contributed by atoms with Gasteiger partial charge in [-0.1, -0.05) is 19.9 Å². The van der Waals surface area contributed by atoms with Gasteiger partial charge in [-0.05, 0) is 18.2 Å². The Hall–Kier alpha value is -2.63. The Morgan fingerprint density at radius 1 is 1.32 bits per heavy atom. The van der Waals surface area contributed by atoms with Gasteiger partial charge in [0.05, 0.1) is 12.1 Å². The summed E-state index contributed by atoms with van der Waals surface area (Å²) in [6.45, 7) is 4.50. The molecule has 0 fully saturated rings. The van der Waals surface area contributed by atoms with Crippen molar-refractivity contribution in [2.75, 3.05) is 0 Å². The number of nitrogens with one attached hydrogen (secondary N) is 1. The van der Waals surface area contributed by atoms with Gasteiger partial charge < -0.3 is 14.3 Å². The van der Waals surface area contributed by atoms with Gasteiger partial charge >= 0.3 is 0 Å². The first-order chi connectivity index (χ1) is 10.6. The third-order valence-electron chi connectivity index (χ3n) is 3.69. The zero-order valence-electron chi connectivity index (χ0n) is 12.9. The van der Waals surface area contributed by atoms with Crippen molar-refractivity contribution < 1.29 is 4.79 Å². The summed E-state index contributed by atoms with van der Waals surface area (Å²) in [6.07, 6.45) is 3.74. The number of pyridine rings is 1. The molecule has 0 atom stereocenters. The SMILES string of the molecule is CC(C)c1nnc(CNC(=O)c2cc3ccccn3c2)n1C. The van der Waals surface area contributed by atoms with Gasteiger partial charge in [0.1, 0.15) is 5.82 Å². The lowest BCUT2D eigenvalue weighted by Gasteiger charge is -2.06. The van der Waals surface area contributed by atoms with Crippen molar-refractivity contribution in [3.8, 4) is 0 Å². The first-order valence-electron chi connectivity index (χ1n) is 7.29. The van der Waals surface area contributed by atoms with Crippen molar-refractivity contribution in [2.24, 2.45) is 7.05 Å². The molecule has 0 spiro atoms. The van der Waals surface area contributed by atoms with Gasteiger partial charge in [0.2, 0.25) is 0 Å². The molecule has 6 nitrogen and oxygen atoms in total. The summed E-state index contributed by atoms with van der Waals surface area (Å²) in [5.74, 6) is 1.86. The molecule has 3 rings (SSSR count). The van der Waals surface area contributed by atoms with E-state index in [0.717, 1.165) is 17.2 Å². The van der Waals surface area contributed by atoms with Crippen LogP contribution in [0.1, 0.15) is 41.8 Å². The molecule has 0 saturated heterocycles. The Morgan fingerprint density at radius 3 is 2.82 bits per heavy atom. The van der Waals surface area contributed by atoms with Crippen molar-refractivity contribution in [2.45, 2.75) is 26.3 Å². The zero-order valence-corrected chi connectivity index (χ0v) is 12.9. The molecule has 0 aliphatic rings. The maximum atomic E-state index is 12.3. The number of carbonyl (C=O) groups excluding carboxylic acids is 1. The highest BCUT2D eigenvalue weighted by atomic mass is 16.1. The van der Waals surface area contributed by atoms with Crippen molar-refractivity contribution in [3.05, 3.63) is 53.9 Å². The van der Waals surface area contributed by atoms with Crippen molar-refractivity contribution in [3.63, 3.8) is 0 Å². The molecule has 0 radical (unpaired) electrons. The lowest BCUT2D eigenvalue weighted by Crippen LogP contribution is -2.24. The Kier molecular flexibility index (Phi) is 3.66. The fourth-order valence-electron chi connectivity index (χ4n) is 2.47. The Labute approximate surface area is 128 Å². The third kappa shape index (κ3) is 2.59. The molecule has 1 amide bonds.